The maximum absolute atomic E-state index is 3.08. The lowest BCUT2D eigenvalue weighted by molar-refractivity contribution is 0.436. The summed E-state index contributed by atoms with van der Waals surface area (Å²) in [6.07, 6.45) is 0. The number of hydrogen-bond acceptors (Lipinski definition) is 0. The smallest absolute Gasteiger partial charge is 0.00376 e. The molecule has 0 bridgehead atoms. The molecule has 1 unspecified atom stereocenters. The van der Waals surface area contributed by atoms with Gasteiger partial charge in [-0.1, -0.05) is 75.4 Å². The van der Waals surface area contributed by atoms with Gasteiger partial charge in [0.2, 0.25) is 0 Å². The Bertz CT molecular complexity index is 454. The van der Waals surface area contributed by atoms with Gasteiger partial charge in [0.1, 0.15) is 0 Å². The monoisotopic (exact) mass is 223 g/mol. The summed E-state index contributed by atoms with van der Waals surface area (Å²) in [5.41, 5.74) is 2.90. The molecule has 0 saturated heterocycles. The van der Waals surface area contributed by atoms with Crippen LogP contribution in [0.2, 0.25) is 0 Å². The van der Waals surface area contributed by atoms with E-state index in [0.29, 0.717) is 5.92 Å². The van der Waals surface area contributed by atoms with Crippen LogP contribution >= 0.6 is 0 Å². The van der Waals surface area contributed by atoms with Gasteiger partial charge in [-0.25, -0.2) is 0 Å². The molecule has 0 heterocycles. The molecule has 0 saturated carbocycles. The van der Waals surface area contributed by atoms with Crippen molar-refractivity contribution in [2.75, 3.05) is 0 Å². The van der Waals surface area contributed by atoms with Crippen LogP contribution in [0.1, 0.15) is 37.8 Å². The zero-order valence-corrected chi connectivity index (χ0v) is 10.8. The van der Waals surface area contributed by atoms with Crippen LogP contribution in [-0.2, 0) is 5.41 Å². The second kappa shape index (κ2) is 4.75. The van der Waals surface area contributed by atoms with Gasteiger partial charge >= 0.3 is 0 Å². The molecule has 0 spiro atoms. The summed E-state index contributed by atoms with van der Waals surface area (Å²) in [5, 5.41) is 0. The number of hydrogen-bond donors (Lipinski definition) is 0. The van der Waals surface area contributed by atoms with E-state index in [1.807, 2.05) is 12.1 Å². The molecule has 0 aliphatic rings. The van der Waals surface area contributed by atoms with Crippen molar-refractivity contribution >= 4 is 0 Å². The Kier molecular flexibility index (Phi) is 3.33. The van der Waals surface area contributed by atoms with Gasteiger partial charge in [0.15, 0.2) is 0 Å². The predicted molar refractivity (Wildman–Crippen MR) is 73.2 cm³/mol. The predicted octanol–water partition coefficient (Wildman–Crippen LogP) is 4.57. The number of rotatable bonds is 3. The minimum Gasteiger partial charge on any atom is -0.0622 e. The molecular formula is C17H19. The summed E-state index contributed by atoms with van der Waals surface area (Å²) in [6.45, 7) is 6.91. The lowest BCUT2D eigenvalue weighted by Crippen LogP contribution is -2.24. The van der Waals surface area contributed by atoms with Crippen molar-refractivity contribution in [3.8, 4) is 0 Å². The Hall–Kier alpha value is -1.56. The van der Waals surface area contributed by atoms with Gasteiger partial charge < -0.3 is 0 Å². The average Bonchev–Trinajstić information content (AvgIpc) is 2.40. The van der Waals surface area contributed by atoms with Gasteiger partial charge in [0.05, 0.1) is 0 Å². The zero-order valence-electron chi connectivity index (χ0n) is 10.8. The maximum atomic E-state index is 3.08. The maximum Gasteiger partial charge on any atom is -0.00376 e. The molecule has 87 valence electrons. The minimum absolute atomic E-state index is 0.141. The third-order valence-electron chi connectivity index (χ3n) is 3.84. The molecule has 0 nitrogen and oxygen atoms in total. The summed E-state index contributed by atoms with van der Waals surface area (Å²) >= 11 is 0. The molecule has 0 aliphatic heterocycles. The molecule has 0 amide bonds. The van der Waals surface area contributed by atoms with Gasteiger partial charge in [0.25, 0.3) is 0 Å². The van der Waals surface area contributed by atoms with Gasteiger partial charge in [0, 0.05) is 0 Å². The summed E-state index contributed by atoms with van der Waals surface area (Å²) < 4.78 is 0. The van der Waals surface area contributed by atoms with Crippen molar-refractivity contribution < 1.29 is 0 Å². The minimum atomic E-state index is 0.141. The third-order valence-corrected chi connectivity index (χ3v) is 3.84. The Morgan fingerprint density at radius 3 is 2.12 bits per heavy atom. The standard InChI is InChI=1S/C17H19/c1-14(15-10-6-4-7-11-15)17(2,3)16-12-8-5-9-13-16/h5-14H,1-3H3. The van der Waals surface area contributed by atoms with E-state index >= 15 is 0 Å². The van der Waals surface area contributed by atoms with E-state index in [2.05, 4.69) is 69.3 Å². The summed E-state index contributed by atoms with van der Waals surface area (Å²) in [6, 6.07) is 22.1. The summed E-state index contributed by atoms with van der Waals surface area (Å²) in [7, 11) is 0. The highest BCUT2D eigenvalue weighted by atomic mass is 14.3. The van der Waals surface area contributed by atoms with Crippen LogP contribution in [0.15, 0.2) is 54.6 Å². The van der Waals surface area contributed by atoms with Crippen LogP contribution in [-0.4, -0.2) is 0 Å². The van der Waals surface area contributed by atoms with Crippen LogP contribution in [0.4, 0.5) is 0 Å². The van der Waals surface area contributed by atoms with Gasteiger partial charge in [-0.2, -0.15) is 0 Å². The molecule has 17 heavy (non-hydrogen) atoms. The normalized spacial score (nSPS) is 13.4. The molecule has 0 N–H and O–H groups in total. The second-order valence-corrected chi connectivity index (χ2v) is 5.14. The van der Waals surface area contributed by atoms with Gasteiger partial charge in [-0.05, 0) is 28.5 Å². The van der Waals surface area contributed by atoms with Crippen molar-refractivity contribution in [2.24, 2.45) is 0 Å². The molecule has 0 aliphatic carbocycles. The van der Waals surface area contributed by atoms with E-state index in [1.165, 1.54) is 11.1 Å². The topological polar surface area (TPSA) is 0 Å². The Balaban J connectivity index is 2.33. The van der Waals surface area contributed by atoms with Crippen molar-refractivity contribution in [1.82, 2.24) is 0 Å². The van der Waals surface area contributed by atoms with E-state index in [4.69, 9.17) is 0 Å². The van der Waals surface area contributed by atoms with Crippen molar-refractivity contribution in [1.29, 1.82) is 0 Å². The van der Waals surface area contributed by atoms with E-state index in [9.17, 15) is 0 Å². The molecular weight excluding hydrogens is 204 g/mol. The highest BCUT2D eigenvalue weighted by Gasteiger charge is 2.28. The summed E-state index contributed by atoms with van der Waals surface area (Å²) in [5.74, 6) is 0.486. The first-order valence-electron chi connectivity index (χ1n) is 6.14. The lowest BCUT2D eigenvalue weighted by atomic mass is 9.71. The largest absolute Gasteiger partial charge is 0.0622 e. The second-order valence-electron chi connectivity index (χ2n) is 5.14. The van der Waals surface area contributed by atoms with Crippen LogP contribution < -0.4 is 0 Å². The first-order valence-corrected chi connectivity index (χ1v) is 6.14. The lowest BCUT2D eigenvalue weighted by Gasteiger charge is -2.33. The van der Waals surface area contributed by atoms with Crippen molar-refractivity contribution in [3.05, 3.63) is 71.8 Å². The molecule has 2 rings (SSSR count). The molecule has 0 aromatic heterocycles. The van der Waals surface area contributed by atoms with Gasteiger partial charge in [-0.15, -0.1) is 0 Å². The quantitative estimate of drug-likeness (QED) is 0.715. The third kappa shape index (κ3) is 2.41. The molecule has 1 radical (unpaired) electrons. The molecule has 1 atom stereocenters. The highest BCUT2D eigenvalue weighted by molar-refractivity contribution is 5.31. The van der Waals surface area contributed by atoms with E-state index in [0.717, 1.165) is 0 Å². The van der Waals surface area contributed by atoms with Crippen LogP contribution in [0.5, 0.6) is 0 Å². The van der Waals surface area contributed by atoms with Crippen molar-refractivity contribution in [3.63, 3.8) is 0 Å². The average molecular weight is 223 g/mol. The van der Waals surface area contributed by atoms with Crippen molar-refractivity contribution in [2.45, 2.75) is 32.1 Å². The first kappa shape index (κ1) is 11.9. The molecule has 2 aromatic rings. The SMILES string of the molecule is CC(c1cc[c]cc1)C(C)(C)c1ccccc1. The Labute approximate surface area is 104 Å². The van der Waals surface area contributed by atoms with Crippen LogP contribution in [0.25, 0.3) is 0 Å². The van der Waals surface area contributed by atoms with E-state index in [-0.39, 0.29) is 5.41 Å². The van der Waals surface area contributed by atoms with E-state index < -0.39 is 0 Å². The van der Waals surface area contributed by atoms with Crippen LogP contribution in [0, 0.1) is 6.07 Å². The molecule has 2 aromatic carbocycles. The van der Waals surface area contributed by atoms with Crippen LogP contribution in [0.3, 0.4) is 0 Å². The van der Waals surface area contributed by atoms with E-state index in [1.54, 1.807) is 0 Å². The first-order chi connectivity index (χ1) is 8.12. The fourth-order valence-corrected chi connectivity index (χ4v) is 2.22. The fourth-order valence-electron chi connectivity index (χ4n) is 2.22. The Morgan fingerprint density at radius 2 is 1.53 bits per heavy atom. The fraction of sp³-hybridized carbons (Fsp3) is 0.294. The van der Waals surface area contributed by atoms with Gasteiger partial charge in [-0.3, -0.25) is 0 Å². The number of benzene rings is 2. The Morgan fingerprint density at radius 1 is 0.941 bits per heavy atom. The molecule has 0 fully saturated rings. The highest BCUT2D eigenvalue weighted by Crippen LogP contribution is 2.37. The summed E-state index contributed by atoms with van der Waals surface area (Å²) in [4.78, 5) is 0. The zero-order chi connectivity index (χ0) is 12.3. The molecule has 0 heteroatoms.